The van der Waals surface area contributed by atoms with Gasteiger partial charge in [0.25, 0.3) is 0 Å². The van der Waals surface area contributed by atoms with Crippen molar-refractivity contribution in [3.63, 3.8) is 0 Å². The van der Waals surface area contributed by atoms with Crippen molar-refractivity contribution >= 4 is 11.4 Å². The Morgan fingerprint density at radius 3 is 2.63 bits per heavy atom. The van der Waals surface area contributed by atoms with Gasteiger partial charge in [0.15, 0.2) is 11.6 Å². The Morgan fingerprint density at radius 1 is 1.32 bits per heavy atom. The number of rotatable bonds is 3. The van der Waals surface area contributed by atoms with Gasteiger partial charge < -0.3 is 5.32 Å². The molecule has 0 spiro atoms. The molecule has 0 saturated heterocycles. The fourth-order valence-corrected chi connectivity index (χ4v) is 1.57. The van der Waals surface area contributed by atoms with Crippen LogP contribution in [0, 0.1) is 23.0 Å². The van der Waals surface area contributed by atoms with Crippen molar-refractivity contribution < 1.29 is 8.78 Å². The first-order valence-electron chi connectivity index (χ1n) is 5.72. The Balaban J connectivity index is 2.28. The molecule has 0 saturated carbocycles. The minimum absolute atomic E-state index is 0.0280. The van der Waals surface area contributed by atoms with Crippen molar-refractivity contribution in [2.75, 3.05) is 5.32 Å². The fourth-order valence-electron chi connectivity index (χ4n) is 1.57. The highest BCUT2D eigenvalue weighted by Crippen LogP contribution is 2.24. The second-order valence-electron chi connectivity index (χ2n) is 4.33. The topological polar surface area (TPSA) is 53.6 Å². The van der Waals surface area contributed by atoms with Gasteiger partial charge in [-0.05, 0) is 26.0 Å². The van der Waals surface area contributed by atoms with E-state index in [9.17, 15) is 8.78 Å². The number of aromatic nitrogens is 2. The van der Waals surface area contributed by atoms with Gasteiger partial charge in [0.2, 0.25) is 0 Å². The standard InChI is InChI=1S/C13H12F2N4/c1-8(2)19-7-10(6-17-19)18-11-4-3-9(5-16)12(14)13(11)15/h3-4,6-8,18H,1-2H3. The second kappa shape index (κ2) is 5.06. The predicted molar refractivity (Wildman–Crippen MR) is 67.0 cm³/mol. The number of hydrogen-bond acceptors (Lipinski definition) is 3. The van der Waals surface area contributed by atoms with E-state index in [-0.39, 0.29) is 17.3 Å². The molecule has 4 nitrogen and oxygen atoms in total. The summed E-state index contributed by atoms with van der Waals surface area (Å²) in [6.45, 7) is 3.91. The molecule has 1 N–H and O–H groups in total. The highest BCUT2D eigenvalue weighted by molar-refractivity contribution is 5.60. The van der Waals surface area contributed by atoms with E-state index in [2.05, 4.69) is 10.4 Å². The predicted octanol–water partition coefficient (Wildman–Crippen LogP) is 3.36. The van der Waals surface area contributed by atoms with Crippen LogP contribution in [0.5, 0.6) is 0 Å². The van der Waals surface area contributed by atoms with E-state index in [4.69, 9.17) is 5.26 Å². The summed E-state index contributed by atoms with van der Waals surface area (Å²) in [5.41, 5.74) is 0.206. The summed E-state index contributed by atoms with van der Waals surface area (Å²) in [7, 11) is 0. The number of hydrogen-bond donors (Lipinski definition) is 1. The molecule has 1 aromatic heterocycles. The zero-order valence-corrected chi connectivity index (χ0v) is 10.5. The lowest BCUT2D eigenvalue weighted by Gasteiger charge is -2.07. The van der Waals surface area contributed by atoms with Gasteiger partial charge in [-0.2, -0.15) is 10.4 Å². The molecule has 2 rings (SSSR count). The van der Waals surface area contributed by atoms with Gasteiger partial charge in [-0.1, -0.05) is 0 Å². The van der Waals surface area contributed by atoms with Crippen molar-refractivity contribution in [1.82, 2.24) is 9.78 Å². The first-order chi connectivity index (χ1) is 9.02. The highest BCUT2D eigenvalue weighted by Gasteiger charge is 2.13. The maximum absolute atomic E-state index is 13.7. The van der Waals surface area contributed by atoms with Crippen LogP contribution in [0.2, 0.25) is 0 Å². The molecule has 0 aliphatic rings. The molecule has 0 bridgehead atoms. The van der Waals surface area contributed by atoms with E-state index in [1.54, 1.807) is 16.9 Å². The van der Waals surface area contributed by atoms with Crippen molar-refractivity contribution in [3.8, 4) is 6.07 Å². The van der Waals surface area contributed by atoms with Gasteiger partial charge >= 0.3 is 0 Å². The number of anilines is 2. The first kappa shape index (κ1) is 13.0. The zero-order chi connectivity index (χ0) is 14.0. The molecule has 0 radical (unpaired) electrons. The van der Waals surface area contributed by atoms with Crippen LogP contribution in [-0.4, -0.2) is 9.78 Å². The molecule has 1 aromatic carbocycles. The fraction of sp³-hybridized carbons (Fsp3) is 0.231. The zero-order valence-electron chi connectivity index (χ0n) is 10.5. The third-order valence-corrected chi connectivity index (χ3v) is 2.61. The Labute approximate surface area is 109 Å². The van der Waals surface area contributed by atoms with Crippen LogP contribution in [0.25, 0.3) is 0 Å². The smallest absolute Gasteiger partial charge is 0.183 e. The molecule has 0 aliphatic carbocycles. The van der Waals surface area contributed by atoms with E-state index in [1.807, 2.05) is 13.8 Å². The Kier molecular flexibility index (Phi) is 3.47. The lowest BCUT2D eigenvalue weighted by atomic mass is 10.2. The molecule has 0 aliphatic heterocycles. The van der Waals surface area contributed by atoms with Crippen molar-refractivity contribution in [3.05, 3.63) is 41.7 Å². The minimum atomic E-state index is -1.15. The summed E-state index contributed by atoms with van der Waals surface area (Å²) < 4.78 is 28.8. The summed E-state index contributed by atoms with van der Waals surface area (Å²) >= 11 is 0. The van der Waals surface area contributed by atoms with Crippen molar-refractivity contribution in [1.29, 1.82) is 5.26 Å². The van der Waals surface area contributed by atoms with E-state index < -0.39 is 11.6 Å². The first-order valence-corrected chi connectivity index (χ1v) is 5.72. The van der Waals surface area contributed by atoms with E-state index in [0.717, 1.165) is 0 Å². The Bertz CT molecular complexity index is 641. The van der Waals surface area contributed by atoms with Crippen LogP contribution in [0.1, 0.15) is 25.5 Å². The van der Waals surface area contributed by atoms with Crippen molar-refractivity contribution in [2.45, 2.75) is 19.9 Å². The third-order valence-electron chi connectivity index (χ3n) is 2.61. The van der Waals surface area contributed by atoms with E-state index >= 15 is 0 Å². The Hall–Kier alpha value is -2.42. The van der Waals surface area contributed by atoms with Gasteiger partial charge in [0.05, 0.1) is 23.1 Å². The quantitative estimate of drug-likeness (QED) is 0.922. The molecule has 0 unspecified atom stereocenters. The summed E-state index contributed by atoms with van der Waals surface area (Å²) in [5, 5.41) is 15.4. The average Bonchev–Trinajstić information content (AvgIpc) is 2.84. The molecule has 19 heavy (non-hydrogen) atoms. The molecular weight excluding hydrogens is 250 g/mol. The van der Waals surface area contributed by atoms with E-state index in [1.165, 1.54) is 18.3 Å². The number of nitrogens with zero attached hydrogens (tertiary/aromatic N) is 3. The molecule has 98 valence electrons. The summed E-state index contributed by atoms with van der Waals surface area (Å²) in [6.07, 6.45) is 3.22. The molecule has 2 aromatic rings. The average molecular weight is 262 g/mol. The largest absolute Gasteiger partial charge is 0.350 e. The molecule has 0 fully saturated rings. The van der Waals surface area contributed by atoms with Gasteiger partial charge in [0.1, 0.15) is 6.07 Å². The summed E-state index contributed by atoms with van der Waals surface area (Å²) in [5.74, 6) is -2.22. The van der Waals surface area contributed by atoms with Crippen LogP contribution in [0.4, 0.5) is 20.2 Å². The normalized spacial score (nSPS) is 10.5. The third kappa shape index (κ3) is 2.55. The molecule has 0 atom stereocenters. The maximum atomic E-state index is 13.7. The SMILES string of the molecule is CC(C)n1cc(Nc2ccc(C#N)c(F)c2F)cn1. The monoisotopic (exact) mass is 262 g/mol. The minimum Gasteiger partial charge on any atom is -0.350 e. The molecule has 6 heteroatoms. The van der Waals surface area contributed by atoms with Crippen LogP contribution < -0.4 is 5.32 Å². The molecule has 1 heterocycles. The lowest BCUT2D eigenvalue weighted by Crippen LogP contribution is -2.00. The second-order valence-corrected chi connectivity index (χ2v) is 4.33. The van der Waals surface area contributed by atoms with Crippen molar-refractivity contribution in [2.24, 2.45) is 0 Å². The van der Waals surface area contributed by atoms with E-state index in [0.29, 0.717) is 5.69 Å². The number of benzene rings is 1. The summed E-state index contributed by atoms with van der Waals surface area (Å²) in [6, 6.07) is 4.32. The maximum Gasteiger partial charge on any atom is 0.183 e. The lowest BCUT2D eigenvalue weighted by molar-refractivity contribution is 0.509. The van der Waals surface area contributed by atoms with Gasteiger partial charge in [-0.15, -0.1) is 0 Å². The summed E-state index contributed by atoms with van der Waals surface area (Å²) in [4.78, 5) is 0. The van der Waals surface area contributed by atoms with Gasteiger partial charge in [-0.25, -0.2) is 8.78 Å². The highest BCUT2D eigenvalue weighted by atomic mass is 19.2. The number of nitriles is 1. The van der Waals surface area contributed by atoms with Crippen LogP contribution in [-0.2, 0) is 0 Å². The van der Waals surface area contributed by atoms with Gasteiger partial charge in [-0.3, -0.25) is 4.68 Å². The molecule has 0 amide bonds. The number of halogens is 2. The van der Waals surface area contributed by atoms with Crippen LogP contribution >= 0.6 is 0 Å². The van der Waals surface area contributed by atoms with Crippen LogP contribution in [0.15, 0.2) is 24.5 Å². The Morgan fingerprint density at radius 2 is 2.05 bits per heavy atom. The number of nitrogens with one attached hydrogen (secondary N) is 1. The molecular formula is C13H12F2N4. The van der Waals surface area contributed by atoms with Crippen LogP contribution in [0.3, 0.4) is 0 Å². The van der Waals surface area contributed by atoms with Gasteiger partial charge in [0, 0.05) is 12.2 Å².